The van der Waals surface area contributed by atoms with Crippen LogP contribution in [-0.2, 0) is 0 Å². The summed E-state index contributed by atoms with van der Waals surface area (Å²) in [6.07, 6.45) is 3.74. The minimum Gasteiger partial charge on any atom is -0.391 e. The highest BCUT2D eigenvalue weighted by Gasteiger charge is 2.38. The fourth-order valence-corrected chi connectivity index (χ4v) is 2.57. The molecule has 0 unspecified atom stereocenters. The molecule has 1 aromatic carbocycles. The van der Waals surface area contributed by atoms with Crippen LogP contribution < -0.4 is 16.4 Å². The number of nitrogens with one attached hydrogen (secondary N) is 2. The number of carbonyl (C=O) groups is 1. The maximum atomic E-state index is 11.9. The van der Waals surface area contributed by atoms with E-state index in [1.807, 2.05) is 30.3 Å². The van der Waals surface area contributed by atoms with Crippen LogP contribution in [0.5, 0.6) is 0 Å². The first-order valence-corrected chi connectivity index (χ1v) is 6.47. The quantitative estimate of drug-likeness (QED) is 0.734. The SMILES string of the molecule is NC(=S)C1(NC(=O)Nc2ccccc2)CCCC1. The molecule has 1 fully saturated rings. The van der Waals surface area contributed by atoms with Crippen molar-refractivity contribution in [3.05, 3.63) is 30.3 Å². The number of hydrogen-bond acceptors (Lipinski definition) is 2. The first-order valence-electron chi connectivity index (χ1n) is 6.06. The molecular formula is C13H17N3OS. The number of anilines is 1. The van der Waals surface area contributed by atoms with Crippen molar-refractivity contribution in [3.8, 4) is 0 Å². The van der Waals surface area contributed by atoms with Gasteiger partial charge in [0.15, 0.2) is 0 Å². The molecule has 0 saturated heterocycles. The van der Waals surface area contributed by atoms with Gasteiger partial charge in [-0.1, -0.05) is 43.3 Å². The third kappa shape index (κ3) is 2.79. The molecule has 1 aromatic rings. The summed E-state index contributed by atoms with van der Waals surface area (Å²) in [5.41, 5.74) is 6.01. The Morgan fingerprint density at radius 2 is 1.83 bits per heavy atom. The number of nitrogens with two attached hydrogens (primary N) is 1. The summed E-state index contributed by atoms with van der Waals surface area (Å²) in [7, 11) is 0. The van der Waals surface area contributed by atoms with Gasteiger partial charge in [-0.2, -0.15) is 0 Å². The number of hydrogen-bond donors (Lipinski definition) is 3. The van der Waals surface area contributed by atoms with Crippen LogP contribution in [0.15, 0.2) is 30.3 Å². The minimum absolute atomic E-state index is 0.254. The molecule has 2 amide bonds. The van der Waals surface area contributed by atoms with Gasteiger partial charge in [0, 0.05) is 5.69 Å². The van der Waals surface area contributed by atoms with Crippen LogP contribution in [0.1, 0.15) is 25.7 Å². The molecule has 0 atom stereocenters. The summed E-state index contributed by atoms with van der Waals surface area (Å²) in [5.74, 6) is 0. The lowest BCUT2D eigenvalue weighted by Crippen LogP contribution is -2.55. The van der Waals surface area contributed by atoms with Gasteiger partial charge >= 0.3 is 6.03 Å². The molecule has 4 N–H and O–H groups in total. The van der Waals surface area contributed by atoms with Crippen molar-refractivity contribution in [1.82, 2.24) is 5.32 Å². The van der Waals surface area contributed by atoms with Crippen LogP contribution in [0.25, 0.3) is 0 Å². The molecule has 0 heterocycles. The van der Waals surface area contributed by atoms with E-state index in [0.717, 1.165) is 31.4 Å². The Hall–Kier alpha value is -1.62. The molecule has 1 saturated carbocycles. The average Bonchev–Trinajstić information content (AvgIpc) is 2.80. The largest absolute Gasteiger partial charge is 0.391 e. The van der Waals surface area contributed by atoms with Gasteiger partial charge in [-0.15, -0.1) is 0 Å². The van der Waals surface area contributed by atoms with Crippen LogP contribution in [0.2, 0.25) is 0 Å². The van der Waals surface area contributed by atoms with Crippen molar-refractivity contribution in [2.45, 2.75) is 31.2 Å². The molecule has 2 rings (SSSR count). The van der Waals surface area contributed by atoms with Crippen molar-refractivity contribution in [1.29, 1.82) is 0 Å². The van der Waals surface area contributed by atoms with E-state index in [-0.39, 0.29) is 6.03 Å². The summed E-state index contributed by atoms with van der Waals surface area (Å²) < 4.78 is 0. The van der Waals surface area contributed by atoms with Crippen LogP contribution in [0, 0.1) is 0 Å². The van der Waals surface area contributed by atoms with Gasteiger partial charge in [-0.05, 0) is 25.0 Å². The molecule has 5 heteroatoms. The summed E-state index contributed by atoms with van der Waals surface area (Å²) in [6.45, 7) is 0. The number of benzene rings is 1. The third-order valence-corrected chi connectivity index (χ3v) is 3.70. The van der Waals surface area contributed by atoms with E-state index in [1.165, 1.54) is 0 Å². The van der Waals surface area contributed by atoms with Gasteiger partial charge < -0.3 is 16.4 Å². The van der Waals surface area contributed by atoms with Crippen molar-refractivity contribution in [3.63, 3.8) is 0 Å². The standard InChI is InChI=1S/C13H17N3OS/c14-11(18)13(8-4-5-9-13)16-12(17)15-10-6-2-1-3-7-10/h1-3,6-7H,4-5,8-9H2,(H2,14,18)(H2,15,16,17). The molecule has 18 heavy (non-hydrogen) atoms. The van der Waals surface area contributed by atoms with Crippen LogP contribution >= 0.6 is 12.2 Å². The summed E-state index contributed by atoms with van der Waals surface area (Å²) >= 11 is 5.09. The number of para-hydroxylation sites is 1. The predicted octanol–water partition coefficient (Wildman–Crippen LogP) is 2.41. The average molecular weight is 263 g/mol. The van der Waals surface area contributed by atoms with E-state index in [0.29, 0.717) is 4.99 Å². The Balaban J connectivity index is 2.00. The normalized spacial score (nSPS) is 17.1. The fraction of sp³-hybridized carbons (Fsp3) is 0.385. The zero-order valence-corrected chi connectivity index (χ0v) is 10.9. The lowest BCUT2D eigenvalue weighted by molar-refractivity contribution is 0.245. The van der Waals surface area contributed by atoms with Gasteiger partial charge in [0.1, 0.15) is 0 Å². The number of carbonyl (C=O) groups excluding carboxylic acids is 1. The van der Waals surface area contributed by atoms with E-state index >= 15 is 0 Å². The molecule has 1 aliphatic carbocycles. The Labute approximate surface area is 112 Å². The number of rotatable bonds is 3. The zero-order valence-electron chi connectivity index (χ0n) is 10.1. The van der Waals surface area contributed by atoms with Crippen molar-refractivity contribution in [2.24, 2.45) is 5.73 Å². The van der Waals surface area contributed by atoms with E-state index in [1.54, 1.807) is 0 Å². The van der Waals surface area contributed by atoms with Crippen LogP contribution in [-0.4, -0.2) is 16.6 Å². The maximum absolute atomic E-state index is 11.9. The van der Waals surface area contributed by atoms with Gasteiger partial charge in [0.2, 0.25) is 0 Å². The lowest BCUT2D eigenvalue weighted by Gasteiger charge is -2.29. The Kier molecular flexibility index (Phi) is 3.81. The van der Waals surface area contributed by atoms with Gasteiger partial charge in [-0.25, -0.2) is 4.79 Å². The summed E-state index contributed by atoms with van der Waals surface area (Å²) in [6, 6.07) is 9.05. The molecule has 0 spiro atoms. The molecule has 0 aliphatic heterocycles. The summed E-state index contributed by atoms with van der Waals surface area (Å²) in [5, 5.41) is 5.71. The van der Waals surface area contributed by atoms with Crippen molar-refractivity contribution >= 4 is 28.9 Å². The second-order valence-electron chi connectivity index (χ2n) is 4.60. The second-order valence-corrected chi connectivity index (χ2v) is 5.04. The molecule has 0 radical (unpaired) electrons. The van der Waals surface area contributed by atoms with Gasteiger partial charge in [0.25, 0.3) is 0 Å². The smallest absolute Gasteiger partial charge is 0.320 e. The molecule has 4 nitrogen and oxygen atoms in total. The molecule has 1 aliphatic rings. The molecular weight excluding hydrogens is 246 g/mol. The fourth-order valence-electron chi connectivity index (χ4n) is 2.31. The van der Waals surface area contributed by atoms with Crippen LogP contribution in [0.3, 0.4) is 0 Å². The van der Waals surface area contributed by atoms with Crippen molar-refractivity contribution < 1.29 is 4.79 Å². The second kappa shape index (κ2) is 5.35. The maximum Gasteiger partial charge on any atom is 0.320 e. The predicted molar refractivity (Wildman–Crippen MR) is 76.6 cm³/mol. The topological polar surface area (TPSA) is 67.1 Å². The van der Waals surface area contributed by atoms with Gasteiger partial charge in [0.05, 0.1) is 10.5 Å². The third-order valence-electron chi connectivity index (χ3n) is 3.31. The highest BCUT2D eigenvalue weighted by molar-refractivity contribution is 7.80. The highest BCUT2D eigenvalue weighted by Crippen LogP contribution is 2.30. The Morgan fingerprint density at radius 3 is 2.39 bits per heavy atom. The number of amides is 2. The van der Waals surface area contributed by atoms with E-state index in [4.69, 9.17) is 18.0 Å². The van der Waals surface area contributed by atoms with E-state index < -0.39 is 5.54 Å². The molecule has 96 valence electrons. The lowest BCUT2D eigenvalue weighted by atomic mass is 9.98. The Bertz CT molecular complexity index is 441. The summed E-state index contributed by atoms with van der Waals surface area (Å²) in [4.78, 5) is 12.3. The first-order chi connectivity index (χ1) is 8.62. The Morgan fingerprint density at radius 1 is 1.22 bits per heavy atom. The zero-order chi connectivity index (χ0) is 13.0. The van der Waals surface area contributed by atoms with E-state index in [9.17, 15) is 4.79 Å². The number of urea groups is 1. The van der Waals surface area contributed by atoms with E-state index in [2.05, 4.69) is 10.6 Å². The molecule has 0 bridgehead atoms. The minimum atomic E-state index is -0.506. The van der Waals surface area contributed by atoms with Crippen molar-refractivity contribution in [2.75, 3.05) is 5.32 Å². The van der Waals surface area contributed by atoms with Gasteiger partial charge in [-0.3, -0.25) is 0 Å². The first kappa shape index (κ1) is 12.8. The number of thiocarbonyl (C=S) groups is 1. The molecule has 0 aromatic heterocycles. The highest BCUT2D eigenvalue weighted by atomic mass is 32.1. The monoisotopic (exact) mass is 263 g/mol. The van der Waals surface area contributed by atoms with Crippen LogP contribution in [0.4, 0.5) is 10.5 Å².